The van der Waals surface area contributed by atoms with E-state index in [4.69, 9.17) is 15.0 Å². The monoisotopic (exact) mass is 317 g/mol. The normalized spacial score (nSPS) is 13.6. The van der Waals surface area contributed by atoms with Crippen molar-refractivity contribution < 1.29 is 22.5 Å². The van der Waals surface area contributed by atoms with Gasteiger partial charge in [-0.2, -0.15) is 8.42 Å². The van der Waals surface area contributed by atoms with E-state index in [-0.39, 0.29) is 17.0 Å². The van der Waals surface area contributed by atoms with E-state index in [1.54, 1.807) is 19.1 Å². The third-order valence-electron chi connectivity index (χ3n) is 2.58. The van der Waals surface area contributed by atoms with Crippen LogP contribution in [0.1, 0.15) is 32.8 Å². The fraction of sp³-hybridized carbons (Fsp3) is 0.500. The van der Waals surface area contributed by atoms with Gasteiger partial charge < -0.3 is 10.5 Å². The zero-order valence-electron chi connectivity index (χ0n) is 12.7. The van der Waals surface area contributed by atoms with Gasteiger partial charge in [-0.25, -0.2) is 0 Å². The maximum Gasteiger partial charge on any atom is 0.322 e. The molecule has 0 aromatic heterocycles. The van der Waals surface area contributed by atoms with Crippen LogP contribution in [0.2, 0.25) is 0 Å². The van der Waals surface area contributed by atoms with Crippen molar-refractivity contribution >= 4 is 16.1 Å². The van der Waals surface area contributed by atoms with E-state index < -0.39 is 16.2 Å². The highest BCUT2D eigenvalue weighted by Crippen LogP contribution is 2.08. The quantitative estimate of drug-likeness (QED) is 0.649. The van der Waals surface area contributed by atoms with Gasteiger partial charge in [-0.3, -0.25) is 9.35 Å². The van der Waals surface area contributed by atoms with E-state index in [2.05, 4.69) is 0 Å². The highest BCUT2D eigenvalue weighted by atomic mass is 32.2. The van der Waals surface area contributed by atoms with Gasteiger partial charge in [0.2, 0.25) is 0 Å². The van der Waals surface area contributed by atoms with Gasteiger partial charge in [0, 0.05) is 0 Å². The molecule has 0 spiro atoms. The molecule has 7 heteroatoms. The molecule has 0 aliphatic heterocycles. The number of hydrogen-bond donors (Lipinski definition) is 2. The van der Waals surface area contributed by atoms with Crippen molar-refractivity contribution in [3.63, 3.8) is 0 Å². The summed E-state index contributed by atoms with van der Waals surface area (Å²) < 4.78 is 34.4. The number of benzene rings is 1. The largest absolute Gasteiger partial charge is 0.462 e. The van der Waals surface area contributed by atoms with E-state index in [0.717, 1.165) is 12.0 Å². The standard InChI is InChI=1S/C7H15NO2.C7H8O3S/c1-4-5(2)10-7(9)6(3)8;1-6-2-4-7(5-3-6)11(8,9)10/h5-6H,4,8H2,1-3H3;2-5H,1H3,(H,8,9,10)/t5?,6-;/m1./s1. The van der Waals surface area contributed by atoms with Gasteiger partial charge >= 0.3 is 5.97 Å². The Morgan fingerprint density at radius 2 is 1.76 bits per heavy atom. The fourth-order valence-electron chi connectivity index (χ4n) is 1.10. The topological polar surface area (TPSA) is 107 Å². The van der Waals surface area contributed by atoms with Gasteiger partial charge in [0.05, 0.1) is 11.0 Å². The minimum Gasteiger partial charge on any atom is -0.462 e. The summed E-state index contributed by atoms with van der Waals surface area (Å²) in [4.78, 5) is 10.7. The second-order valence-electron chi connectivity index (χ2n) is 4.73. The Hall–Kier alpha value is -1.44. The molecule has 0 amide bonds. The van der Waals surface area contributed by atoms with Crippen molar-refractivity contribution in [3.8, 4) is 0 Å². The molecule has 0 saturated heterocycles. The Labute approximate surface area is 126 Å². The Bertz CT molecular complexity index is 537. The smallest absolute Gasteiger partial charge is 0.322 e. The Kier molecular flexibility index (Phi) is 8.16. The number of rotatable bonds is 4. The molecule has 3 N–H and O–H groups in total. The molecule has 120 valence electrons. The predicted octanol–water partition coefficient (Wildman–Crippen LogP) is 1.92. The zero-order valence-corrected chi connectivity index (χ0v) is 13.6. The number of carbonyl (C=O) groups excluding carboxylic acids is 1. The minimum absolute atomic E-state index is 0.0153. The third-order valence-corrected chi connectivity index (χ3v) is 3.45. The number of nitrogens with two attached hydrogens (primary N) is 1. The van der Waals surface area contributed by atoms with Crippen LogP contribution in [0.3, 0.4) is 0 Å². The maximum absolute atomic E-state index is 10.8. The molecule has 2 atom stereocenters. The number of carbonyl (C=O) groups is 1. The van der Waals surface area contributed by atoms with Crippen molar-refractivity contribution in [2.75, 3.05) is 0 Å². The molecule has 0 saturated carbocycles. The first-order valence-corrected chi connectivity index (χ1v) is 8.02. The summed E-state index contributed by atoms with van der Waals surface area (Å²) in [5.41, 5.74) is 6.22. The molecule has 21 heavy (non-hydrogen) atoms. The first kappa shape index (κ1) is 19.6. The first-order valence-electron chi connectivity index (χ1n) is 6.58. The van der Waals surface area contributed by atoms with Crippen LogP contribution in [-0.4, -0.2) is 31.1 Å². The average molecular weight is 317 g/mol. The Morgan fingerprint density at radius 1 is 1.29 bits per heavy atom. The van der Waals surface area contributed by atoms with E-state index >= 15 is 0 Å². The van der Waals surface area contributed by atoms with Gasteiger partial charge in [0.15, 0.2) is 0 Å². The summed E-state index contributed by atoms with van der Waals surface area (Å²) in [6, 6.07) is 5.48. The lowest BCUT2D eigenvalue weighted by molar-refractivity contribution is -0.149. The van der Waals surface area contributed by atoms with Crippen LogP contribution in [0.25, 0.3) is 0 Å². The molecular weight excluding hydrogens is 294 g/mol. The molecule has 1 aromatic rings. The highest BCUT2D eigenvalue weighted by molar-refractivity contribution is 7.85. The van der Waals surface area contributed by atoms with E-state index in [9.17, 15) is 13.2 Å². The number of aryl methyl sites for hydroxylation is 1. The van der Waals surface area contributed by atoms with Crippen molar-refractivity contribution in [2.24, 2.45) is 5.73 Å². The van der Waals surface area contributed by atoms with Crippen LogP contribution in [0.4, 0.5) is 0 Å². The number of esters is 1. The molecule has 0 heterocycles. The second kappa shape index (κ2) is 8.76. The molecule has 1 aromatic carbocycles. The summed E-state index contributed by atoms with van der Waals surface area (Å²) in [5.74, 6) is -0.325. The van der Waals surface area contributed by atoms with Crippen LogP contribution in [0.5, 0.6) is 0 Å². The van der Waals surface area contributed by atoms with Crippen LogP contribution in [-0.2, 0) is 19.6 Å². The number of hydrogen-bond acceptors (Lipinski definition) is 5. The lowest BCUT2D eigenvalue weighted by Crippen LogP contribution is -2.31. The minimum atomic E-state index is -4.02. The highest BCUT2D eigenvalue weighted by Gasteiger charge is 2.11. The molecule has 0 radical (unpaired) electrons. The molecule has 1 unspecified atom stereocenters. The summed E-state index contributed by atoms with van der Waals surface area (Å²) in [7, 11) is -4.02. The van der Waals surface area contributed by atoms with Crippen molar-refractivity contribution in [3.05, 3.63) is 29.8 Å². The maximum atomic E-state index is 10.8. The van der Waals surface area contributed by atoms with Crippen molar-refractivity contribution in [1.82, 2.24) is 0 Å². The molecule has 1 rings (SSSR count). The van der Waals surface area contributed by atoms with Crippen molar-refractivity contribution in [2.45, 2.75) is 51.2 Å². The zero-order chi connectivity index (χ0) is 16.6. The molecule has 0 aliphatic carbocycles. The van der Waals surface area contributed by atoms with E-state index in [1.807, 2.05) is 20.8 Å². The molecule has 0 bridgehead atoms. The fourth-order valence-corrected chi connectivity index (χ4v) is 1.58. The van der Waals surface area contributed by atoms with Crippen LogP contribution >= 0.6 is 0 Å². The van der Waals surface area contributed by atoms with E-state index in [0.29, 0.717) is 0 Å². The molecular formula is C14H23NO5S. The summed E-state index contributed by atoms with van der Waals surface area (Å²) in [6.07, 6.45) is 0.817. The summed E-state index contributed by atoms with van der Waals surface area (Å²) in [6.45, 7) is 7.26. The lowest BCUT2D eigenvalue weighted by Gasteiger charge is -2.11. The summed E-state index contributed by atoms with van der Waals surface area (Å²) >= 11 is 0. The van der Waals surface area contributed by atoms with Gasteiger partial charge in [-0.05, 0) is 39.3 Å². The summed E-state index contributed by atoms with van der Waals surface area (Å²) in [5, 5.41) is 0. The van der Waals surface area contributed by atoms with Gasteiger partial charge in [-0.15, -0.1) is 0 Å². The van der Waals surface area contributed by atoms with Gasteiger partial charge in [0.25, 0.3) is 10.1 Å². The third kappa shape index (κ3) is 8.44. The molecule has 0 aliphatic rings. The molecule has 0 fully saturated rings. The predicted molar refractivity (Wildman–Crippen MR) is 80.5 cm³/mol. The lowest BCUT2D eigenvalue weighted by atomic mass is 10.2. The van der Waals surface area contributed by atoms with Crippen molar-refractivity contribution in [1.29, 1.82) is 0 Å². The Balaban J connectivity index is 0.000000384. The Morgan fingerprint density at radius 3 is 2.10 bits per heavy atom. The SMILES string of the molecule is CCC(C)OC(=O)[C@@H](C)N.Cc1ccc(S(=O)(=O)O)cc1. The van der Waals surface area contributed by atoms with Crippen LogP contribution in [0.15, 0.2) is 29.2 Å². The van der Waals surface area contributed by atoms with E-state index in [1.165, 1.54) is 12.1 Å². The number of ether oxygens (including phenoxy) is 1. The average Bonchev–Trinajstić information content (AvgIpc) is 2.38. The van der Waals surface area contributed by atoms with Gasteiger partial charge in [0.1, 0.15) is 6.04 Å². The van der Waals surface area contributed by atoms with Gasteiger partial charge in [-0.1, -0.05) is 24.6 Å². The van der Waals surface area contributed by atoms with Crippen LogP contribution < -0.4 is 5.73 Å². The second-order valence-corrected chi connectivity index (χ2v) is 6.15. The first-order chi connectivity index (χ1) is 9.57. The van der Waals surface area contributed by atoms with Crippen LogP contribution in [0, 0.1) is 6.92 Å². The molecule has 6 nitrogen and oxygen atoms in total.